The van der Waals surface area contributed by atoms with Crippen LogP contribution < -0.4 is 0 Å². The minimum Gasteiger partial charge on any atom is -0.488 e. The van der Waals surface area contributed by atoms with Crippen molar-refractivity contribution in [2.24, 2.45) is 0 Å². The van der Waals surface area contributed by atoms with Gasteiger partial charge in [0.2, 0.25) is 0 Å². The first-order valence-corrected chi connectivity index (χ1v) is 9.60. The molecule has 2 aromatic heterocycles. The summed E-state index contributed by atoms with van der Waals surface area (Å²) in [6.07, 6.45) is 3.82. The summed E-state index contributed by atoms with van der Waals surface area (Å²) in [5.41, 5.74) is 8.42. The number of benzene rings is 3. The van der Waals surface area contributed by atoms with Crippen molar-refractivity contribution >= 4 is 11.1 Å². The maximum absolute atomic E-state index is 5.58. The Balaban J connectivity index is 0.00000218. The van der Waals surface area contributed by atoms with Gasteiger partial charge in [0.05, 0.1) is 11.4 Å². The van der Waals surface area contributed by atoms with Gasteiger partial charge in [-0.15, -0.1) is 23.8 Å². The molecule has 0 fully saturated rings. The number of imidazole rings is 1. The first-order valence-electron chi connectivity index (χ1n) is 9.60. The minimum absolute atomic E-state index is 0. The van der Waals surface area contributed by atoms with Gasteiger partial charge in [-0.2, -0.15) is 0 Å². The molecule has 5 rings (SSSR count). The van der Waals surface area contributed by atoms with E-state index in [0.717, 1.165) is 28.2 Å². The van der Waals surface area contributed by atoms with Crippen LogP contribution in [-0.4, -0.2) is 14.5 Å². The Morgan fingerprint density at radius 2 is 1.67 bits per heavy atom. The van der Waals surface area contributed by atoms with Crippen LogP contribution in [0, 0.1) is 26.8 Å². The average Bonchev–Trinajstić information content (AvgIpc) is 3.33. The molecule has 5 aromatic rings. The molecule has 0 unspecified atom stereocenters. The van der Waals surface area contributed by atoms with E-state index in [1.165, 1.54) is 22.3 Å². The molecule has 0 aliphatic carbocycles. The fourth-order valence-corrected chi connectivity index (χ4v) is 3.93. The van der Waals surface area contributed by atoms with Gasteiger partial charge in [-0.25, -0.2) is 4.98 Å². The fraction of sp³-hybridized carbons (Fsp3) is 0.120. The second-order valence-corrected chi connectivity index (χ2v) is 7.27. The van der Waals surface area contributed by atoms with Gasteiger partial charge >= 0.3 is 0 Å². The number of aromatic nitrogens is 3. The van der Waals surface area contributed by atoms with Crippen molar-refractivity contribution in [2.75, 3.05) is 0 Å². The normalized spacial score (nSPS) is 10.9. The van der Waals surface area contributed by atoms with E-state index in [2.05, 4.69) is 70.8 Å². The number of nitrogens with zero attached hydrogens (tertiary/aromatic N) is 3. The van der Waals surface area contributed by atoms with Crippen LogP contribution in [0.5, 0.6) is 0 Å². The summed E-state index contributed by atoms with van der Waals surface area (Å²) in [5.74, 6) is 1.49. The summed E-state index contributed by atoms with van der Waals surface area (Å²) in [4.78, 5) is 9.06. The van der Waals surface area contributed by atoms with E-state index in [1.807, 2.05) is 37.5 Å². The van der Waals surface area contributed by atoms with Crippen LogP contribution in [-0.2, 0) is 20.1 Å². The smallest absolute Gasteiger partial charge is 0.180 e. The second kappa shape index (κ2) is 8.02. The van der Waals surface area contributed by atoms with Crippen molar-refractivity contribution in [3.8, 4) is 28.2 Å². The topological polar surface area (TPSA) is 43.9 Å². The molecule has 0 aliphatic rings. The van der Waals surface area contributed by atoms with Crippen LogP contribution in [0.2, 0.25) is 0 Å². The Morgan fingerprint density at radius 3 is 2.40 bits per heavy atom. The third kappa shape index (κ3) is 3.51. The summed E-state index contributed by atoms with van der Waals surface area (Å²) >= 11 is 0. The Bertz CT molecular complexity index is 1310. The van der Waals surface area contributed by atoms with Gasteiger partial charge in [0.25, 0.3) is 0 Å². The van der Waals surface area contributed by atoms with E-state index >= 15 is 0 Å². The molecule has 0 bridgehead atoms. The second-order valence-electron chi connectivity index (χ2n) is 7.27. The van der Waals surface area contributed by atoms with Gasteiger partial charge < -0.3 is 8.98 Å². The third-order valence-electron chi connectivity index (χ3n) is 5.15. The molecular weight excluding hydrogens is 551 g/mol. The molecule has 2 heterocycles. The molecule has 0 amide bonds. The van der Waals surface area contributed by atoms with E-state index < -0.39 is 0 Å². The summed E-state index contributed by atoms with van der Waals surface area (Å²) in [6, 6.07) is 22.0. The van der Waals surface area contributed by atoms with E-state index in [4.69, 9.17) is 4.42 Å². The molecule has 0 saturated heterocycles. The van der Waals surface area contributed by atoms with Gasteiger partial charge in [0.1, 0.15) is 0 Å². The predicted octanol–water partition coefficient (Wildman–Crippen LogP) is 6.07. The Morgan fingerprint density at radius 1 is 0.933 bits per heavy atom. The Hall–Kier alpha value is -3.01. The molecule has 1 radical (unpaired) electrons. The van der Waals surface area contributed by atoms with Crippen molar-refractivity contribution in [3.63, 3.8) is 0 Å². The van der Waals surface area contributed by atoms with Crippen LogP contribution in [0.1, 0.15) is 17.0 Å². The quantitative estimate of drug-likeness (QED) is 0.248. The van der Waals surface area contributed by atoms with Crippen LogP contribution in [0.25, 0.3) is 39.3 Å². The summed E-state index contributed by atoms with van der Waals surface area (Å²) in [7, 11) is 0. The molecule has 151 valence electrons. The molecule has 30 heavy (non-hydrogen) atoms. The molecule has 0 N–H and O–H groups in total. The number of fused-ring (bicyclic) bond motifs is 1. The number of rotatable bonds is 3. The van der Waals surface area contributed by atoms with E-state index in [0.29, 0.717) is 5.89 Å². The molecular formula is C25H20IrN3O-. The van der Waals surface area contributed by atoms with Gasteiger partial charge in [-0.3, -0.25) is 4.98 Å². The van der Waals surface area contributed by atoms with Gasteiger partial charge in [-0.05, 0) is 48.2 Å². The Kier molecular flexibility index (Phi) is 5.42. The van der Waals surface area contributed by atoms with Crippen LogP contribution in [0.3, 0.4) is 0 Å². The van der Waals surface area contributed by atoms with Gasteiger partial charge in [0, 0.05) is 50.6 Å². The van der Waals surface area contributed by atoms with Gasteiger partial charge in [0.15, 0.2) is 5.89 Å². The zero-order valence-corrected chi connectivity index (χ0v) is 19.3. The maximum Gasteiger partial charge on any atom is 0.180 e. The maximum atomic E-state index is 5.58. The number of hydrogen-bond donors (Lipinski definition) is 0. The average molecular weight is 571 g/mol. The molecule has 0 spiro atoms. The Labute approximate surface area is 189 Å². The van der Waals surface area contributed by atoms with Gasteiger partial charge in [-0.1, -0.05) is 30.3 Å². The first kappa shape index (κ1) is 20.3. The molecule has 0 atom stereocenters. The molecule has 0 aliphatic heterocycles. The minimum atomic E-state index is 0. The largest absolute Gasteiger partial charge is 0.488 e. The number of oxazole rings is 1. The SMILES string of the molecule is Cc1nc2cc(-c3nccn3-c3c(C)cc(-c4ccccc4)cc3C)[c-]cc2o1.[Ir]. The summed E-state index contributed by atoms with van der Waals surface area (Å²) < 4.78 is 7.71. The monoisotopic (exact) mass is 571 g/mol. The van der Waals surface area contributed by atoms with E-state index in [1.54, 1.807) is 0 Å². The molecule has 0 saturated carbocycles. The van der Waals surface area contributed by atoms with Crippen LogP contribution in [0.4, 0.5) is 0 Å². The van der Waals surface area contributed by atoms with Crippen LogP contribution >= 0.6 is 0 Å². The summed E-state index contributed by atoms with van der Waals surface area (Å²) in [5, 5.41) is 0. The van der Waals surface area contributed by atoms with Crippen molar-refractivity contribution in [1.82, 2.24) is 14.5 Å². The molecule has 3 aromatic carbocycles. The summed E-state index contributed by atoms with van der Waals surface area (Å²) in [6.45, 7) is 6.14. The standard InChI is InChI=1S/C25H20N3O.Ir/c1-16-13-21(19-7-5-4-6-8-19)14-17(2)24(16)28-12-11-26-25(28)20-9-10-23-22(15-20)27-18(3)29-23;/h4-8,10-15H,1-3H3;/q-1;. The first-order chi connectivity index (χ1) is 14.1. The zero-order chi connectivity index (χ0) is 20.0. The van der Waals surface area contributed by atoms with E-state index in [9.17, 15) is 0 Å². The third-order valence-corrected chi connectivity index (χ3v) is 5.15. The van der Waals surface area contributed by atoms with Crippen molar-refractivity contribution in [1.29, 1.82) is 0 Å². The van der Waals surface area contributed by atoms with Crippen molar-refractivity contribution in [2.45, 2.75) is 20.8 Å². The molecule has 5 heteroatoms. The number of aryl methyl sites for hydroxylation is 3. The fourth-order valence-electron chi connectivity index (χ4n) is 3.93. The zero-order valence-electron chi connectivity index (χ0n) is 16.9. The van der Waals surface area contributed by atoms with E-state index in [-0.39, 0.29) is 20.1 Å². The van der Waals surface area contributed by atoms with Crippen molar-refractivity contribution < 1.29 is 24.5 Å². The number of hydrogen-bond acceptors (Lipinski definition) is 3. The van der Waals surface area contributed by atoms with Crippen molar-refractivity contribution in [3.05, 3.63) is 90.1 Å². The predicted molar refractivity (Wildman–Crippen MR) is 115 cm³/mol. The van der Waals surface area contributed by atoms with Crippen LogP contribution in [0.15, 0.2) is 71.4 Å². The molecule has 4 nitrogen and oxygen atoms in total.